The average molecular weight is 562 g/mol. The van der Waals surface area contributed by atoms with Crippen LogP contribution >= 0.6 is 0 Å². The van der Waals surface area contributed by atoms with E-state index in [1.165, 1.54) is 12.1 Å². The fourth-order valence-corrected chi connectivity index (χ4v) is 5.99. The molecule has 11 heteroatoms. The number of amides is 3. The van der Waals surface area contributed by atoms with E-state index in [2.05, 4.69) is 29.2 Å². The number of ether oxygens (including phenoxy) is 1. The number of carbonyl (C=O) groups is 3. The third-order valence-electron chi connectivity index (χ3n) is 8.30. The molecule has 0 unspecified atom stereocenters. The zero-order valence-electron chi connectivity index (χ0n) is 22.5. The highest BCUT2D eigenvalue weighted by Crippen LogP contribution is 2.61. The molecule has 3 atom stereocenters. The van der Waals surface area contributed by atoms with Crippen molar-refractivity contribution < 1.29 is 37.4 Å². The van der Waals surface area contributed by atoms with Gasteiger partial charge in [0.2, 0.25) is 0 Å². The fraction of sp³-hybridized carbons (Fsp3) is 0.483. The van der Waals surface area contributed by atoms with Crippen molar-refractivity contribution in [3.05, 3.63) is 59.7 Å². The summed E-state index contributed by atoms with van der Waals surface area (Å²) in [6, 6.07) is 11.4. The molecule has 3 aliphatic rings. The van der Waals surface area contributed by atoms with Crippen molar-refractivity contribution in [2.45, 2.75) is 52.4 Å². The molecule has 0 heterocycles. The van der Waals surface area contributed by atoms with Crippen molar-refractivity contribution in [3.63, 3.8) is 0 Å². The van der Waals surface area contributed by atoms with Gasteiger partial charge in [-0.2, -0.15) is 0 Å². The summed E-state index contributed by atoms with van der Waals surface area (Å²) in [7, 11) is 0. The van der Waals surface area contributed by atoms with Crippen LogP contribution in [0.25, 0.3) is 0 Å². The SMILES string of the molecule is CC1(C)[C@@H]2CC[C@@H](CN(Cc3ccc(C(=O)NCCC(=O)O)cc3)C(=O)Nc3ccc(OC(F)(F)F)cc3)[C@@H]1C2. The number of aliphatic carboxylic acids is 1. The van der Waals surface area contributed by atoms with Crippen molar-refractivity contribution in [3.8, 4) is 5.75 Å². The number of hydrogen-bond donors (Lipinski definition) is 3. The number of nitrogens with zero attached hydrogens (tertiary/aromatic N) is 1. The summed E-state index contributed by atoms with van der Waals surface area (Å²) in [5, 5.41) is 14.1. The Kier molecular flexibility index (Phi) is 8.60. The Balaban J connectivity index is 1.45. The van der Waals surface area contributed by atoms with Gasteiger partial charge in [0.15, 0.2) is 0 Å². The van der Waals surface area contributed by atoms with Gasteiger partial charge in [-0.25, -0.2) is 4.79 Å². The molecule has 0 saturated heterocycles. The molecular formula is C29H34F3N3O5. The molecule has 216 valence electrons. The predicted molar refractivity (Wildman–Crippen MR) is 142 cm³/mol. The summed E-state index contributed by atoms with van der Waals surface area (Å²) < 4.78 is 41.4. The lowest BCUT2D eigenvalue weighted by atomic mass is 9.45. The maximum absolute atomic E-state index is 13.4. The number of hydrogen-bond acceptors (Lipinski definition) is 4. The Bertz CT molecular complexity index is 1210. The first kappa shape index (κ1) is 29.2. The highest BCUT2D eigenvalue weighted by molar-refractivity contribution is 5.94. The quantitative estimate of drug-likeness (QED) is 0.335. The van der Waals surface area contributed by atoms with Gasteiger partial charge in [0.25, 0.3) is 5.91 Å². The first-order chi connectivity index (χ1) is 18.8. The molecule has 0 radical (unpaired) electrons. The van der Waals surface area contributed by atoms with Gasteiger partial charge in [0.1, 0.15) is 5.75 Å². The second-order valence-electron chi connectivity index (χ2n) is 11.2. The van der Waals surface area contributed by atoms with E-state index >= 15 is 0 Å². The van der Waals surface area contributed by atoms with Crippen molar-refractivity contribution in [2.75, 3.05) is 18.4 Å². The third-order valence-corrected chi connectivity index (χ3v) is 8.30. The van der Waals surface area contributed by atoms with Crippen LogP contribution in [0.2, 0.25) is 0 Å². The van der Waals surface area contributed by atoms with Crippen molar-refractivity contribution in [1.82, 2.24) is 10.2 Å². The molecule has 0 spiro atoms. The lowest BCUT2D eigenvalue weighted by molar-refractivity contribution is -0.274. The molecule has 2 aromatic carbocycles. The average Bonchev–Trinajstić information content (AvgIpc) is 2.88. The summed E-state index contributed by atoms with van der Waals surface area (Å²) in [5.41, 5.74) is 1.74. The summed E-state index contributed by atoms with van der Waals surface area (Å²) in [5.74, 6) is -0.214. The van der Waals surface area contributed by atoms with Crippen LogP contribution in [0.4, 0.5) is 23.7 Å². The Morgan fingerprint density at radius 3 is 2.30 bits per heavy atom. The van der Waals surface area contributed by atoms with Crippen molar-refractivity contribution in [2.24, 2.45) is 23.2 Å². The van der Waals surface area contributed by atoms with Crippen LogP contribution < -0.4 is 15.4 Å². The molecule has 3 aliphatic carbocycles. The van der Waals surface area contributed by atoms with Crippen LogP contribution in [0.1, 0.15) is 55.5 Å². The molecule has 3 fully saturated rings. The zero-order chi connectivity index (χ0) is 29.1. The number of alkyl halides is 3. The molecule has 40 heavy (non-hydrogen) atoms. The second-order valence-corrected chi connectivity index (χ2v) is 11.2. The summed E-state index contributed by atoms with van der Waals surface area (Å²) in [6.07, 6.45) is -1.67. The Morgan fingerprint density at radius 2 is 1.73 bits per heavy atom. The highest BCUT2D eigenvalue weighted by atomic mass is 19.4. The van der Waals surface area contributed by atoms with Gasteiger partial charge in [-0.3, -0.25) is 9.59 Å². The van der Waals surface area contributed by atoms with Gasteiger partial charge >= 0.3 is 18.4 Å². The molecule has 5 rings (SSSR count). The van der Waals surface area contributed by atoms with Gasteiger partial charge < -0.3 is 25.4 Å². The predicted octanol–water partition coefficient (Wildman–Crippen LogP) is 5.90. The van der Waals surface area contributed by atoms with Gasteiger partial charge in [-0.1, -0.05) is 26.0 Å². The minimum Gasteiger partial charge on any atom is -0.481 e. The smallest absolute Gasteiger partial charge is 0.481 e. The van der Waals surface area contributed by atoms with Crippen LogP contribution in [0.3, 0.4) is 0 Å². The van der Waals surface area contributed by atoms with Gasteiger partial charge in [0.05, 0.1) is 6.42 Å². The first-order valence-electron chi connectivity index (χ1n) is 13.3. The minimum atomic E-state index is -4.80. The molecule has 0 aromatic heterocycles. The van der Waals surface area contributed by atoms with Gasteiger partial charge in [-0.05, 0) is 84.4 Å². The van der Waals surface area contributed by atoms with E-state index in [1.807, 2.05) is 0 Å². The molecule has 8 nitrogen and oxygen atoms in total. The Labute approximate surface area is 230 Å². The van der Waals surface area contributed by atoms with Crippen LogP contribution in [0, 0.1) is 23.2 Å². The van der Waals surface area contributed by atoms with Crippen LogP contribution in [-0.4, -0.2) is 47.4 Å². The number of carbonyl (C=O) groups excluding carboxylic acids is 2. The number of halogens is 3. The van der Waals surface area contributed by atoms with Gasteiger partial charge in [-0.15, -0.1) is 13.2 Å². The Hall–Kier alpha value is -3.76. The number of carboxylic acids is 1. The number of anilines is 1. The van der Waals surface area contributed by atoms with E-state index in [1.54, 1.807) is 29.2 Å². The summed E-state index contributed by atoms with van der Waals surface area (Å²) in [4.78, 5) is 38.1. The third kappa shape index (κ3) is 7.25. The van der Waals surface area contributed by atoms with E-state index in [4.69, 9.17) is 5.11 Å². The Morgan fingerprint density at radius 1 is 1.05 bits per heavy atom. The van der Waals surface area contributed by atoms with E-state index < -0.39 is 12.3 Å². The minimum absolute atomic E-state index is 0.0208. The standard InChI is InChI=1S/C29H34F3N3O5/c1-28(2)21-8-7-20(24(28)15-21)17-35(27(39)34-22-9-11-23(12-10-22)40-29(30,31)32)16-18-3-5-19(6-4-18)26(38)33-14-13-25(36)37/h3-6,9-12,20-21,24H,7-8,13-17H2,1-2H3,(H,33,38)(H,34,39)(H,36,37)/t20-,21+,24-/m0/s1. The normalized spacial score (nSPS) is 21.1. The maximum Gasteiger partial charge on any atom is 0.573 e. The molecule has 3 saturated carbocycles. The number of nitrogens with one attached hydrogen (secondary N) is 2. The molecule has 0 aliphatic heterocycles. The lowest BCUT2D eigenvalue weighted by Gasteiger charge is -2.60. The van der Waals surface area contributed by atoms with Gasteiger partial charge in [0, 0.05) is 30.9 Å². The number of rotatable bonds is 10. The molecular weight excluding hydrogens is 527 g/mol. The lowest BCUT2D eigenvalue weighted by Crippen LogP contribution is -2.55. The first-order valence-corrected chi connectivity index (χ1v) is 13.3. The highest BCUT2D eigenvalue weighted by Gasteiger charge is 2.54. The molecule has 3 amide bonds. The molecule has 2 bridgehead atoms. The van der Waals surface area contributed by atoms with Crippen molar-refractivity contribution >= 4 is 23.6 Å². The van der Waals surface area contributed by atoms with E-state index in [0.717, 1.165) is 37.0 Å². The van der Waals surface area contributed by atoms with Crippen molar-refractivity contribution in [1.29, 1.82) is 0 Å². The van der Waals surface area contributed by atoms with E-state index in [0.29, 0.717) is 35.5 Å². The number of fused-ring (bicyclic) bond motifs is 2. The van der Waals surface area contributed by atoms with E-state index in [-0.39, 0.29) is 42.6 Å². The van der Waals surface area contributed by atoms with Crippen LogP contribution in [-0.2, 0) is 11.3 Å². The monoisotopic (exact) mass is 561 g/mol. The zero-order valence-corrected chi connectivity index (χ0v) is 22.5. The van der Waals surface area contributed by atoms with E-state index in [9.17, 15) is 27.6 Å². The molecule has 3 N–H and O–H groups in total. The largest absolute Gasteiger partial charge is 0.573 e. The summed E-state index contributed by atoms with van der Waals surface area (Å²) in [6.45, 7) is 5.39. The van der Waals surface area contributed by atoms with Crippen LogP contribution in [0.15, 0.2) is 48.5 Å². The number of urea groups is 1. The number of benzene rings is 2. The summed E-state index contributed by atoms with van der Waals surface area (Å²) >= 11 is 0. The second kappa shape index (κ2) is 11.8. The number of carboxylic acid groups (broad SMARTS) is 1. The molecule has 2 aromatic rings. The topological polar surface area (TPSA) is 108 Å². The van der Waals surface area contributed by atoms with Crippen LogP contribution in [0.5, 0.6) is 5.75 Å². The maximum atomic E-state index is 13.4. The fourth-order valence-electron chi connectivity index (χ4n) is 5.99.